The zero-order valence-corrected chi connectivity index (χ0v) is 10.8. The van der Waals surface area contributed by atoms with Crippen LogP contribution in [0.2, 0.25) is 0 Å². The molecule has 2 aliphatic carbocycles. The van der Waals surface area contributed by atoms with Crippen LogP contribution in [-0.2, 0) is 9.53 Å². The van der Waals surface area contributed by atoms with Crippen molar-refractivity contribution in [2.45, 2.75) is 44.7 Å². The van der Waals surface area contributed by atoms with E-state index in [0.717, 1.165) is 12.8 Å². The van der Waals surface area contributed by atoms with Gasteiger partial charge in [0.15, 0.2) is 0 Å². The molecule has 5 unspecified atom stereocenters. The minimum atomic E-state index is 0.0413. The van der Waals surface area contributed by atoms with Crippen molar-refractivity contribution in [3.63, 3.8) is 0 Å². The Hall–Kier alpha value is -0.610. The van der Waals surface area contributed by atoms with Gasteiger partial charge in [-0.15, -0.1) is 0 Å². The molecule has 0 spiro atoms. The summed E-state index contributed by atoms with van der Waals surface area (Å²) in [5, 5.41) is 3.08. The van der Waals surface area contributed by atoms with Crippen LogP contribution in [-0.4, -0.2) is 31.7 Å². The highest BCUT2D eigenvalue weighted by Crippen LogP contribution is 2.47. The fourth-order valence-corrected chi connectivity index (χ4v) is 3.49. The van der Waals surface area contributed by atoms with Crippen molar-refractivity contribution < 1.29 is 9.53 Å². The maximum absolute atomic E-state index is 12.2. The highest BCUT2D eigenvalue weighted by atomic mass is 16.5. The number of methoxy groups -OCH3 is 1. The lowest BCUT2D eigenvalue weighted by atomic mass is 9.84. The summed E-state index contributed by atoms with van der Waals surface area (Å²) in [4.78, 5) is 12.2. The molecule has 5 atom stereocenters. The Balaban J connectivity index is 1.91. The van der Waals surface area contributed by atoms with E-state index < -0.39 is 0 Å². The molecule has 0 saturated heterocycles. The van der Waals surface area contributed by atoms with E-state index in [1.54, 1.807) is 7.11 Å². The lowest BCUT2D eigenvalue weighted by Gasteiger charge is -2.28. The maximum Gasteiger partial charge on any atom is 0.225 e. The summed E-state index contributed by atoms with van der Waals surface area (Å²) < 4.78 is 5.10. The molecule has 2 aliphatic rings. The summed E-state index contributed by atoms with van der Waals surface area (Å²) in [6.07, 6.45) is 4.44. The van der Waals surface area contributed by atoms with Crippen molar-refractivity contribution in [2.24, 2.45) is 23.5 Å². The molecule has 4 heteroatoms. The molecule has 0 heterocycles. The molecule has 3 N–H and O–H groups in total. The van der Waals surface area contributed by atoms with Gasteiger partial charge in [-0.05, 0) is 37.5 Å². The first-order chi connectivity index (χ1) is 8.17. The van der Waals surface area contributed by atoms with E-state index >= 15 is 0 Å². The molecule has 2 rings (SSSR count). The summed E-state index contributed by atoms with van der Waals surface area (Å²) in [6.45, 7) is 2.64. The highest BCUT2D eigenvalue weighted by Gasteiger charge is 2.49. The third-order valence-electron chi connectivity index (χ3n) is 4.49. The van der Waals surface area contributed by atoms with Gasteiger partial charge in [0.2, 0.25) is 5.91 Å². The standard InChI is InChI=1S/C13H24N2O2/c1-3-10(7-17-2)15-13(16)11-8-4-5-9(6-8)12(11)14/h8-12H,3-7,14H2,1-2H3,(H,15,16). The van der Waals surface area contributed by atoms with E-state index in [-0.39, 0.29) is 23.9 Å². The quantitative estimate of drug-likeness (QED) is 0.750. The molecule has 98 valence electrons. The van der Waals surface area contributed by atoms with Crippen molar-refractivity contribution >= 4 is 5.91 Å². The van der Waals surface area contributed by atoms with E-state index in [9.17, 15) is 4.79 Å². The molecule has 2 saturated carbocycles. The van der Waals surface area contributed by atoms with Gasteiger partial charge in [-0.1, -0.05) is 6.92 Å². The number of carbonyl (C=O) groups excluding carboxylic acids is 1. The van der Waals surface area contributed by atoms with E-state index in [4.69, 9.17) is 10.5 Å². The van der Waals surface area contributed by atoms with Crippen molar-refractivity contribution in [2.75, 3.05) is 13.7 Å². The van der Waals surface area contributed by atoms with E-state index in [2.05, 4.69) is 12.2 Å². The number of hydrogen-bond acceptors (Lipinski definition) is 3. The molecular formula is C13H24N2O2. The van der Waals surface area contributed by atoms with Crippen molar-refractivity contribution in [1.29, 1.82) is 0 Å². The van der Waals surface area contributed by atoms with Crippen molar-refractivity contribution in [1.82, 2.24) is 5.32 Å². The van der Waals surface area contributed by atoms with Gasteiger partial charge in [-0.3, -0.25) is 4.79 Å². The lowest BCUT2D eigenvalue weighted by Crippen LogP contribution is -2.49. The molecule has 0 aromatic carbocycles. The topological polar surface area (TPSA) is 64.3 Å². The summed E-state index contributed by atoms with van der Waals surface area (Å²) in [5.74, 6) is 1.29. The second-order valence-corrected chi connectivity index (χ2v) is 5.51. The van der Waals surface area contributed by atoms with Crippen LogP contribution in [0, 0.1) is 17.8 Å². The summed E-state index contributed by atoms with van der Waals surface area (Å²) in [7, 11) is 1.66. The summed E-state index contributed by atoms with van der Waals surface area (Å²) in [5.41, 5.74) is 6.16. The predicted octanol–water partition coefficient (Wildman–Crippen LogP) is 0.901. The molecule has 2 bridgehead atoms. The smallest absolute Gasteiger partial charge is 0.225 e. The number of hydrogen-bond donors (Lipinski definition) is 2. The average Bonchev–Trinajstić information content (AvgIpc) is 2.88. The van der Waals surface area contributed by atoms with Crippen LogP contribution in [0.1, 0.15) is 32.6 Å². The van der Waals surface area contributed by atoms with E-state index in [0.29, 0.717) is 18.4 Å². The van der Waals surface area contributed by atoms with Crippen LogP contribution >= 0.6 is 0 Å². The Bertz CT molecular complexity index is 281. The predicted molar refractivity (Wildman–Crippen MR) is 66.4 cm³/mol. The first-order valence-electron chi connectivity index (χ1n) is 6.72. The zero-order chi connectivity index (χ0) is 12.4. The molecular weight excluding hydrogens is 216 g/mol. The van der Waals surface area contributed by atoms with Crippen LogP contribution in [0.4, 0.5) is 0 Å². The minimum Gasteiger partial charge on any atom is -0.383 e. The van der Waals surface area contributed by atoms with E-state index in [1.165, 1.54) is 12.8 Å². The SMILES string of the molecule is CCC(COC)NC(=O)C1C2CCC(C2)C1N. The molecule has 0 aromatic heterocycles. The first kappa shape index (κ1) is 12.8. The number of rotatable bonds is 5. The Morgan fingerprint density at radius 3 is 2.71 bits per heavy atom. The van der Waals surface area contributed by atoms with Crippen LogP contribution in [0.25, 0.3) is 0 Å². The minimum absolute atomic E-state index is 0.0413. The van der Waals surface area contributed by atoms with Crippen LogP contribution in [0.5, 0.6) is 0 Å². The van der Waals surface area contributed by atoms with Crippen LogP contribution < -0.4 is 11.1 Å². The fourth-order valence-electron chi connectivity index (χ4n) is 3.49. The molecule has 1 amide bonds. The van der Waals surface area contributed by atoms with Crippen molar-refractivity contribution in [3.05, 3.63) is 0 Å². The lowest BCUT2D eigenvalue weighted by molar-refractivity contribution is -0.128. The van der Waals surface area contributed by atoms with Gasteiger partial charge < -0.3 is 15.8 Å². The summed E-state index contributed by atoms with van der Waals surface area (Å²) >= 11 is 0. The number of amides is 1. The van der Waals surface area contributed by atoms with E-state index in [1.807, 2.05) is 0 Å². The number of carbonyl (C=O) groups is 1. The Labute approximate surface area is 103 Å². The number of ether oxygens (including phenoxy) is 1. The Kier molecular flexibility index (Phi) is 4.05. The highest BCUT2D eigenvalue weighted by molar-refractivity contribution is 5.80. The van der Waals surface area contributed by atoms with Gasteiger partial charge >= 0.3 is 0 Å². The first-order valence-corrected chi connectivity index (χ1v) is 6.72. The maximum atomic E-state index is 12.2. The molecule has 17 heavy (non-hydrogen) atoms. The van der Waals surface area contributed by atoms with Gasteiger partial charge in [0, 0.05) is 13.2 Å². The average molecular weight is 240 g/mol. The van der Waals surface area contributed by atoms with Crippen LogP contribution in [0.3, 0.4) is 0 Å². The monoisotopic (exact) mass is 240 g/mol. The van der Waals surface area contributed by atoms with Crippen molar-refractivity contribution in [3.8, 4) is 0 Å². The molecule has 4 nitrogen and oxygen atoms in total. The molecule has 0 radical (unpaired) electrons. The van der Waals surface area contributed by atoms with Crippen LogP contribution in [0.15, 0.2) is 0 Å². The normalized spacial score (nSPS) is 37.1. The third kappa shape index (κ3) is 2.47. The third-order valence-corrected chi connectivity index (χ3v) is 4.49. The molecule has 2 fully saturated rings. The Morgan fingerprint density at radius 1 is 1.47 bits per heavy atom. The second-order valence-electron chi connectivity index (χ2n) is 5.51. The number of nitrogens with one attached hydrogen (secondary N) is 1. The number of fused-ring (bicyclic) bond motifs is 2. The van der Waals surface area contributed by atoms with Gasteiger partial charge in [0.25, 0.3) is 0 Å². The van der Waals surface area contributed by atoms with Gasteiger partial charge in [0.05, 0.1) is 18.6 Å². The fraction of sp³-hybridized carbons (Fsp3) is 0.923. The van der Waals surface area contributed by atoms with Gasteiger partial charge in [-0.25, -0.2) is 0 Å². The number of nitrogens with two attached hydrogens (primary N) is 1. The zero-order valence-electron chi connectivity index (χ0n) is 10.8. The Morgan fingerprint density at radius 2 is 2.18 bits per heavy atom. The largest absolute Gasteiger partial charge is 0.383 e. The van der Waals surface area contributed by atoms with Gasteiger partial charge in [0.1, 0.15) is 0 Å². The molecule has 0 aliphatic heterocycles. The molecule has 0 aromatic rings. The summed E-state index contributed by atoms with van der Waals surface area (Å²) in [6, 6.07) is 0.202. The second kappa shape index (κ2) is 5.36. The van der Waals surface area contributed by atoms with Gasteiger partial charge in [-0.2, -0.15) is 0 Å².